The van der Waals surface area contributed by atoms with Crippen LogP contribution in [0, 0.1) is 11.8 Å². The van der Waals surface area contributed by atoms with Crippen LogP contribution in [-0.4, -0.2) is 53.3 Å². The Labute approximate surface area is 209 Å². The van der Waals surface area contributed by atoms with E-state index >= 15 is 0 Å². The van der Waals surface area contributed by atoms with Crippen LogP contribution >= 0.6 is 0 Å². The molecule has 0 unspecified atom stereocenters. The minimum Gasteiger partial charge on any atom is -0.465 e. The van der Waals surface area contributed by atoms with Crippen LogP contribution in [0.1, 0.15) is 58.1 Å². The van der Waals surface area contributed by atoms with Crippen LogP contribution in [0.3, 0.4) is 0 Å². The number of pyridine rings is 1. The molecule has 36 heavy (non-hydrogen) atoms. The highest BCUT2D eigenvalue weighted by Crippen LogP contribution is 2.35. The molecule has 2 aromatic rings. The van der Waals surface area contributed by atoms with Gasteiger partial charge < -0.3 is 14.9 Å². The second-order valence-corrected chi connectivity index (χ2v) is 9.89. The molecule has 1 aliphatic carbocycles. The van der Waals surface area contributed by atoms with Crippen molar-refractivity contribution in [2.45, 2.75) is 64.0 Å². The molecule has 2 atom stereocenters. The van der Waals surface area contributed by atoms with E-state index in [1.165, 1.54) is 0 Å². The third-order valence-corrected chi connectivity index (χ3v) is 7.16. The zero-order chi connectivity index (χ0) is 25.7. The third kappa shape index (κ3) is 5.39. The minimum absolute atomic E-state index is 0.111. The van der Waals surface area contributed by atoms with Crippen molar-refractivity contribution in [3.05, 3.63) is 42.2 Å². The second kappa shape index (κ2) is 11.1. The standard InChI is InChI=1S/C27H32FN3O5/c1-17(2)27(14-22(31-36-27)25-20-10-6-5-9-19(20)11-12-29-25)26(34)30-21(23(32)15-28)13-24(33)35-16-18-7-3-4-8-18/h5-6,9-12,17-18,21H,3-4,7-8,13-16H2,1-2H3,(H,30,34)/t21-,27+/m0/s1. The quantitative estimate of drug-likeness (QED) is 0.499. The van der Waals surface area contributed by atoms with Crippen LogP contribution in [0.5, 0.6) is 0 Å². The number of alkyl halides is 1. The summed E-state index contributed by atoms with van der Waals surface area (Å²) in [5, 5.41) is 8.60. The number of carbonyl (C=O) groups is 3. The summed E-state index contributed by atoms with van der Waals surface area (Å²) in [4.78, 5) is 48.3. The smallest absolute Gasteiger partial charge is 0.308 e. The predicted octanol–water partition coefficient (Wildman–Crippen LogP) is 3.90. The maximum Gasteiger partial charge on any atom is 0.308 e. The van der Waals surface area contributed by atoms with E-state index in [2.05, 4.69) is 15.5 Å². The highest BCUT2D eigenvalue weighted by atomic mass is 19.1. The van der Waals surface area contributed by atoms with Crippen molar-refractivity contribution in [1.82, 2.24) is 10.3 Å². The van der Waals surface area contributed by atoms with E-state index < -0.39 is 42.4 Å². The Morgan fingerprint density at radius 1 is 1.19 bits per heavy atom. The minimum atomic E-state index is -1.43. The summed E-state index contributed by atoms with van der Waals surface area (Å²) in [7, 11) is 0. The van der Waals surface area contributed by atoms with Crippen LogP contribution < -0.4 is 5.32 Å². The average molecular weight is 498 g/mol. The lowest BCUT2D eigenvalue weighted by atomic mass is 9.83. The fraction of sp³-hybridized carbons (Fsp3) is 0.519. The third-order valence-electron chi connectivity index (χ3n) is 7.16. The Bertz CT molecular complexity index is 1160. The number of hydrogen-bond acceptors (Lipinski definition) is 7. The number of rotatable bonds is 10. The van der Waals surface area contributed by atoms with Crippen molar-refractivity contribution < 1.29 is 28.3 Å². The van der Waals surface area contributed by atoms with Crippen molar-refractivity contribution in [2.75, 3.05) is 13.3 Å². The Morgan fingerprint density at radius 2 is 1.94 bits per heavy atom. The van der Waals surface area contributed by atoms with Gasteiger partial charge in [-0.15, -0.1) is 0 Å². The van der Waals surface area contributed by atoms with Gasteiger partial charge in [0.05, 0.1) is 18.7 Å². The molecule has 8 nitrogen and oxygen atoms in total. The van der Waals surface area contributed by atoms with E-state index in [0.717, 1.165) is 36.5 Å². The van der Waals surface area contributed by atoms with Crippen molar-refractivity contribution in [1.29, 1.82) is 0 Å². The molecule has 0 saturated heterocycles. The normalized spacial score (nSPS) is 20.7. The predicted molar refractivity (Wildman–Crippen MR) is 132 cm³/mol. The molecule has 0 bridgehead atoms. The van der Waals surface area contributed by atoms with Gasteiger partial charge in [0.1, 0.15) is 18.4 Å². The zero-order valence-electron chi connectivity index (χ0n) is 20.7. The number of amides is 1. The van der Waals surface area contributed by atoms with E-state index in [-0.39, 0.29) is 18.9 Å². The first-order valence-electron chi connectivity index (χ1n) is 12.5. The fourth-order valence-corrected chi connectivity index (χ4v) is 4.85. The van der Waals surface area contributed by atoms with E-state index in [9.17, 15) is 18.8 Å². The number of nitrogens with zero attached hydrogens (tertiary/aromatic N) is 2. The molecule has 1 aromatic carbocycles. The first-order chi connectivity index (χ1) is 17.3. The molecule has 1 aliphatic heterocycles. The van der Waals surface area contributed by atoms with Crippen molar-refractivity contribution in [3.63, 3.8) is 0 Å². The second-order valence-electron chi connectivity index (χ2n) is 9.89. The first-order valence-corrected chi connectivity index (χ1v) is 12.5. The summed E-state index contributed by atoms with van der Waals surface area (Å²) >= 11 is 0. The Kier molecular flexibility index (Phi) is 7.96. The Morgan fingerprint density at radius 3 is 2.67 bits per heavy atom. The van der Waals surface area contributed by atoms with Crippen molar-refractivity contribution >= 4 is 34.1 Å². The molecule has 2 heterocycles. The molecule has 1 amide bonds. The number of carbonyl (C=O) groups excluding carboxylic acids is 3. The summed E-state index contributed by atoms with van der Waals surface area (Å²) in [6, 6.07) is 8.23. The molecule has 0 spiro atoms. The van der Waals surface area contributed by atoms with Crippen LogP contribution in [0.25, 0.3) is 10.8 Å². The highest BCUT2D eigenvalue weighted by molar-refractivity contribution is 6.12. The summed E-state index contributed by atoms with van der Waals surface area (Å²) in [6.07, 6.45) is 5.56. The number of nitrogens with one attached hydrogen (secondary N) is 1. The maximum atomic E-state index is 13.5. The number of ketones is 1. The summed E-state index contributed by atoms with van der Waals surface area (Å²) in [5.74, 6) is -2.20. The molecule has 192 valence electrons. The van der Waals surface area contributed by atoms with Gasteiger partial charge in [0.15, 0.2) is 5.78 Å². The lowest BCUT2D eigenvalue weighted by Crippen LogP contribution is -2.55. The number of aromatic nitrogens is 1. The SMILES string of the molecule is CC(C)[C@@]1(C(=O)N[C@@H](CC(=O)OCC2CCCC2)C(=O)CF)CC(c2nccc3ccccc23)=NO1. The molecule has 0 radical (unpaired) electrons. The number of hydrogen-bond donors (Lipinski definition) is 1. The lowest BCUT2D eigenvalue weighted by Gasteiger charge is -2.30. The number of halogens is 1. The van der Waals surface area contributed by atoms with Crippen LogP contribution in [0.2, 0.25) is 0 Å². The van der Waals surface area contributed by atoms with Gasteiger partial charge in [-0.2, -0.15) is 0 Å². The van der Waals surface area contributed by atoms with Crippen molar-refractivity contribution in [2.24, 2.45) is 17.0 Å². The van der Waals surface area contributed by atoms with Crippen LogP contribution in [-0.2, 0) is 24.0 Å². The van der Waals surface area contributed by atoms with Gasteiger partial charge in [0, 0.05) is 23.9 Å². The largest absolute Gasteiger partial charge is 0.465 e. The maximum absolute atomic E-state index is 13.5. The van der Waals surface area contributed by atoms with Gasteiger partial charge in [-0.25, -0.2) is 4.39 Å². The number of oxime groups is 1. The molecule has 9 heteroatoms. The molecule has 2 aliphatic rings. The lowest BCUT2D eigenvalue weighted by molar-refractivity contribution is -0.153. The molecule has 1 saturated carbocycles. The number of benzene rings is 1. The summed E-state index contributed by atoms with van der Waals surface area (Å²) in [6.45, 7) is 2.57. The Balaban J connectivity index is 1.47. The van der Waals surface area contributed by atoms with Crippen LogP contribution in [0.15, 0.2) is 41.7 Å². The number of esters is 1. The first kappa shape index (κ1) is 25.7. The summed E-state index contributed by atoms with van der Waals surface area (Å²) < 4.78 is 18.6. The van der Waals surface area contributed by atoms with E-state index in [0.29, 0.717) is 17.3 Å². The fourth-order valence-electron chi connectivity index (χ4n) is 4.85. The van der Waals surface area contributed by atoms with Crippen molar-refractivity contribution in [3.8, 4) is 0 Å². The molecule has 4 rings (SSSR count). The molecular formula is C27H32FN3O5. The Hall–Kier alpha value is -3.36. The number of ether oxygens (including phenoxy) is 1. The summed E-state index contributed by atoms with van der Waals surface area (Å²) in [5.41, 5.74) is -0.327. The van der Waals surface area contributed by atoms with E-state index in [4.69, 9.17) is 9.57 Å². The zero-order valence-corrected chi connectivity index (χ0v) is 20.7. The molecule has 1 aromatic heterocycles. The molecular weight excluding hydrogens is 465 g/mol. The highest BCUT2D eigenvalue weighted by Gasteiger charge is 2.51. The van der Waals surface area contributed by atoms with Crippen LogP contribution in [0.4, 0.5) is 4.39 Å². The van der Waals surface area contributed by atoms with Gasteiger partial charge in [-0.1, -0.05) is 56.1 Å². The number of Topliss-reactive ketones (excluding diaryl/α,β-unsaturated/α-hetero) is 1. The van der Waals surface area contributed by atoms with Gasteiger partial charge in [-0.05, 0) is 30.2 Å². The topological polar surface area (TPSA) is 107 Å². The average Bonchev–Trinajstić information content (AvgIpc) is 3.57. The van der Waals surface area contributed by atoms with Gasteiger partial charge in [0.25, 0.3) is 5.91 Å². The van der Waals surface area contributed by atoms with E-state index in [1.54, 1.807) is 20.0 Å². The number of fused-ring (bicyclic) bond motifs is 1. The molecule has 1 fully saturated rings. The van der Waals surface area contributed by atoms with E-state index in [1.807, 2.05) is 30.3 Å². The monoisotopic (exact) mass is 497 g/mol. The van der Waals surface area contributed by atoms with Gasteiger partial charge in [0.2, 0.25) is 5.60 Å². The molecule has 1 N–H and O–H groups in total. The van der Waals surface area contributed by atoms with Gasteiger partial charge >= 0.3 is 5.97 Å². The van der Waals surface area contributed by atoms with Gasteiger partial charge in [-0.3, -0.25) is 19.4 Å².